The highest BCUT2D eigenvalue weighted by atomic mass is 19.4. The van der Waals surface area contributed by atoms with Gasteiger partial charge in [-0.25, -0.2) is 14.2 Å². The number of ether oxygens (including phenoxy) is 1. The monoisotopic (exact) mass is 465 g/mol. The van der Waals surface area contributed by atoms with Crippen molar-refractivity contribution in [2.45, 2.75) is 25.6 Å². The van der Waals surface area contributed by atoms with Crippen LogP contribution < -0.4 is 10.3 Å². The molecule has 33 heavy (non-hydrogen) atoms. The molecule has 1 N–H and O–H groups in total. The predicted molar refractivity (Wildman–Crippen MR) is 110 cm³/mol. The number of alkyl halides is 3. The molecule has 7 nitrogen and oxygen atoms in total. The number of rotatable bonds is 6. The van der Waals surface area contributed by atoms with E-state index in [0.29, 0.717) is 6.07 Å². The first-order chi connectivity index (χ1) is 15.5. The number of esters is 1. The minimum absolute atomic E-state index is 0.167. The second kappa shape index (κ2) is 9.00. The summed E-state index contributed by atoms with van der Waals surface area (Å²) in [7, 11) is 0. The number of hydrogen-bond acceptors (Lipinski definition) is 5. The van der Waals surface area contributed by atoms with Crippen molar-refractivity contribution in [3.8, 4) is 0 Å². The first-order valence-electron chi connectivity index (χ1n) is 9.79. The van der Waals surface area contributed by atoms with Crippen molar-refractivity contribution in [3.63, 3.8) is 0 Å². The van der Waals surface area contributed by atoms with Crippen molar-refractivity contribution in [1.82, 2.24) is 5.32 Å². The number of carbonyl (C=O) groups is 3. The fourth-order valence-corrected chi connectivity index (χ4v) is 3.54. The molecule has 2 amide bonds. The molecule has 2 atom stereocenters. The van der Waals surface area contributed by atoms with Gasteiger partial charge in [0.05, 0.1) is 18.0 Å². The van der Waals surface area contributed by atoms with Gasteiger partial charge in [-0.2, -0.15) is 18.3 Å². The second-order valence-electron chi connectivity index (χ2n) is 7.15. The van der Waals surface area contributed by atoms with Gasteiger partial charge < -0.3 is 10.1 Å². The van der Waals surface area contributed by atoms with E-state index < -0.39 is 53.4 Å². The first kappa shape index (κ1) is 23.9. The SMILES string of the molecule is CCOC(=O)[C@@](NC(=O)c1cccc(F)c1)([C@H]1C(=O)N(c2ccccc2)N=C1C)C(F)(F)F. The standard InChI is InChI=1S/C22H19F4N3O4/c1-3-33-20(32)21(22(24,25)26,27-18(30)14-8-7-9-15(23)12-14)17-13(2)28-29(19(17)31)16-10-5-4-6-11-16/h4-12,17H,3H2,1-2H3,(H,27,30)/t17-,21+/m1/s1. The molecule has 2 aromatic carbocycles. The molecule has 0 saturated heterocycles. The van der Waals surface area contributed by atoms with Gasteiger partial charge in [-0.3, -0.25) is 9.59 Å². The molecule has 0 bridgehead atoms. The fraction of sp³-hybridized carbons (Fsp3) is 0.273. The van der Waals surface area contributed by atoms with Crippen molar-refractivity contribution in [3.05, 3.63) is 66.0 Å². The summed E-state index contributed by atoms with van der Waals surface area (Å²) in [6.45, 7) is 1.96. The Morgan fingerprint density at radius 1 is 1.12 bits per heavy atom. The van der Waals surface area contributed by atoms with Crippen molar-refractivity contribution in [1.29, 1.82) is 0 Å². The van der Waals surface area contributed by atoms with Crippen LogP contribution in [0.1, 0.15) is 24.2 Å². The molecule has 174 valence electrons. The molecule has 0 spiro atoms. The minimum Gasteiger partial charge on any atom is -0.464 e. The maximum absolute atomic E-state index is 14.6. The molecule has 0 aliphatic carbocycles. The Morgan fingerprint density at radius 2 is 1.79 bits per heavy atom. The lowest BCUT2D eigenvalue weighted by Crippen LogP contribution is -2.71. The number of nitrogens with zero attached hydrogens (tertiary/aromatic N) is 2. The summed E-state index contributed by atoms with van der Waals surface area (Å²) in [5.41, 5.74) is -4.48. The van der Waals surface area contributed by atoms with Crippen LogP contribution in [0.4, 0.5) is 23.2 Å². The van der Waals surface area contributed by atoms with E-state index in [1.807, 2.05) is 0 Å². The van der Waals surface area contributed by atoms with Gasteiger partial charge in [0, 0.05) is 5.56 Å². The predicted octanol–water partition coefficient (Wildman–Crippen LogP) is 3.46. The summed E-state index contributed by atoms with van der Waals surface area (Å²) >= 11 is 0. The highest BCUT2D eigenvalue weighted by molar-refractivity contribution is 6.19. The molecule has 1 aliphatic rings. The Bertz CT molecular complexity index is 1100. The van der Waals surface area contributed by atoms with E-state index in [0.717, 1.165) is 30.1 Å². The Labute approximate surface area is 186 Å². The third kappa shape index (κ3) is 4.30. The molecule has 0 unspecified atom stereocenters. The average Bonchev–Trinajstić information content (AvgIpc) is 3.06. The van der Waals surface area contributed by atoms with Crippen LogP contribution in [0.25, 0.3) is 0 Å². The number of para-hydroxylation sites is 1. The summed E-state index contributed by atoms with van der Waals surface area (Å²) in [5, 5.41) is 6.29. The summed E-state index contributed by atoms with van der Waals surface area (Å²) in [4.78, 5) is 38.7. The highest BCUT2D eigenvalue weighted by Crippen LogP contribution is 2.42. The minimum atomic E-state index is -5.48. The molecule has 0 saturated carbocycles. The van der Waals surface area contributed by atoms with Crippen molar-refractivity contribution >= 4 is 29.2 Å². The van der Waals surface area contributed by atoms with Crippen LogP contribution in [0.3, 0.4) is 0 Å². The van der Waals surface area contributed by atoms with E-state index in [-0.39, 0.29) is 11.4 Å². The zero-order valence-electron chi connectivity index (χ0n) is 17.5. The first-order valence-corrected chi connectivity index (χ1v) is 9.79. The van der Waals surface area contributed by atoms with Crippen molar-refractivity contribution in [2.24, 2.45) is 11.0 Å². The number of nitrogens with one attached hydrogen (secondary N) is 1. The maximum atomic E-state index is 14.6. The van der Waals surface area contributed by atoms with E-state index in [1.54, 1.807) is 23.5 Å². The van der Waals surface area contributed by atoms with Gasteiger partial charge in [0.15, 0.2) is 0 Å². The van der Waals surface area contributed by atoms with Crippen LogP contribution in [0.2, 0.25) is 0 Å². The lowest BCUT2D eigenvalue weighted by molar-refractivity contribution is -0.217. The fourth-order valence-electron chi connectivity index (χ4n) is 3.54. The molecule has 1 aliphatic heterocycles. The van der Waals surface area contributed by atoms with E-state index >= 15 is 0 Å². The molecule has 1 heterocycles. The third-order valence-corrected chi connectivity index (χ3v) is 5.01. The largest absolute Gasteiger partial charge is 0.464 e. The Kier molecular flexibility index (Phi) is 6.52. The quantitative estimate of drug-likeness (QED) is 0.523. The Balaban J connectivity index is 2.14. The Morgan fingerprint density at radius 3 is 2.36 bits per heavy atom. The van der Waals surface area contributed by atoms with E-state index in [1.165, 1.54) is 19.1 Å². The third-order valence-electron chi connectivity index (χ3n) is 5.01. The number of hydrazone groups is 1. The number of hydrogen-bond donors (Lipinski definition) is 1. The molecular formula is C22H19F4N3O4. The molecule has 11 heteroatoms. The summed E-state index contributed by atoms with van der Waals surface area (Å²) in [6, 6.07) is 11.5. The maximum Gasteiger partial charge on any atom is 0.423 e. The van der Waals surface area contributed by atoms with E-state index in [2.05, 4.69) is 9.84 Å². The molecule has 0 aromatic heterocycles. The average molecular weight is 465 g/mol. The number of halogens is 4. The number of anilines is 1. The number of amides is 2. The highest BCUT2D eigenvalue weighted by Gasteiger charge is 2.71. The lowest BCUT2D eigenvalue weighted by atomic mass is 9.79. The molecule has 0 radical (unpaired) electrons. The zero-order valence-corrected chi connectivity index (χ0v) is 17.5. The van der Waals surface area contributed by atoms with Crippen LogP contribution in [0, 0.1) is 11.7 Å². The van der Waals surface area contributed by atoms with Gasteiger partial charge in [-0.1, -0.05) is 24.3 Å². The summed E-state index contributed by atoms with van der Waals surface area (Å²) in [5.74, 6) is -7.62. The van der Waals surface area contributed by atoms with Gasteiger partial charge in [0.25, 0.3) is 17.4 Å². The zero-order chi connectivity index (χ0) is 24.4. The van der Waals surface area contributed by atoms with Crippen molar-refractivity contribution in [2.75, 3.05) is 11.6 Å². The van der Waals surface area contributed by atoms with Gasteiger partial charge >= 0.3 is 12.1 Å². The normalized spacial score (nSPS) is 17.9. The van der Waals surface area contributed by atoms with Crippen LogP contribution in [-0.2, 0) is 14.3 Å². The molecular weight excluding hydrogens is 446 g/mol. The topological polar surface area (TPSA) is 88.1 Å². The van der Waals surface area contributed by atoms with Crippen molar-refractivity contribution < 1.29 is 36.7 Å². The van der Waals surface area contributed by atoms with Gasteiger partial charge in [-0.05, 0) is 44.2 Å². The van der Waals surface area contributed by atoms with E-state index in [4.69, 9.17) is 0 Å². The number of carbonyl (C=O) groups excluding carboxylic acids is 3. The molecule has 0 fully saturated rings. The van der Waals surface area contributed by atoms with Gasteiger partial charge in [0.1, 0.15) is 11.7 Å². The Hall–Kier alpha value is -3.76. The lowest BCUT2D eigenvalue weighted by Gasteiger charge is -2.37. The second-order valence-corrected chi connectivity index (χ2v) is 7.15. The van der Waals surface area contributed by atoms with Crippen LogP contribution in [0.5, 0.6) is 0 Å². The smallest absolute Gasteiger partial charge is 0.423 e. The van der Waals surface area contributed by atoms with Gasteiger partial charge in [-0.15, -0.1) is 0 Å². The summed E-state index contributed by atoms with van der Waals surface area (Å²) < 4.78 is 62.1. The van der Waals surface area contributed by atoms with Crippen LogP contribution in [0.15, 0.2) is 59.7 Å². The van der Waals surface area contributed by atoms with Crippen LogP contribution in [-0.4, -0.2) is 41.8 Å². The summed E-state index contributed by atoms with van der Waals surface area (Å²) in [6.07, 6.45) is -5.48. The van der Waals surface area contributed by atoms with Crippen LogP contribution >= 0.6 is 0 Å². The molecule has 2 aromatic rings. The molecule has 3 rings (SSSR count). The van der Waals surface area contributed by atoms with E-state index in [9.17, 15) is 31.9 Å². The number of benzene rings is 2. The van der Waals surface area contributed by atoms with Gasteiger partial charge in [0.2, 0.25) is 0 Å².